The number of amides is 2. The Hall–Kier alpha value is -4.13. The number of pyridine rings is 1. The van der Waals surface area contributed by atoms with Gasteiger partial charge >= 0.3 is 0 Å². The maximum Gasteiger partial charge on any atom is 0.253 e. The first-order valence-electron chi connectivity index (χ1n) is 11.3. The molecule has 0 aliphatic carbocycles. The van der Waals surface area contributed by atoms with E-state index >= 15 is 0 Å². The van der Waals surface area contributed by atoms with Gasteiger partial charge in [-0.1, -0.05) is 12.1 Å². The molecule has 1 aliphatic rings. The molecule has 1 saturated heterocycles. The van der Waals surface area contributed by atoms with Crippen molar-refractivity contribution in [1.29, 1.82) is 0 Å². The number of carbonyl (C=O) groups is 2. The minimum absolute atomic E-state index is 0.0367. The number of imidazole rings is 1. The highest BCUT2D eigenvalue weighted by atomic mass is 16.5. The van der Waals surface area contributed by atoms with Crippen molar-refractivity contribution in [2.24, 2.45) is 0 Å². The zero-order valence-corrected chi connectivity index (χ0v) is 19.0. The molecule has 1 unspecified atom stereocenters. The van der Waals surface area contributed by atoms with Crippen molar-refractivity contribution in [3.8, 4) is 5.75 Å². The van der Waals surface area contributed by atoms with Crippen LogP contribution in [0.15, 0.2) is 79.3 Å². The lowest BCUT2D eigenvalue weighted by Gasteiger charge is -2.17. The Balaban J connectivity index is 1.17. The van der Waals surface area contributed by atoms with Gasteiger partial charge in [-0.3, -0.25) is 9.59 Å². The van der Waals surface area contributed by atoms with Crippen molar-refractivity contribution in [3.63, 3.8) is 0 Å². The van der Waals surface area contributed by atoms with Crippen LogP contribution in [0.5, 0.6) is 5.75 Å². The highest BCUT2D eigenvalue weighted by molar-refractivity contribution is 5.95. The predicted molar refractivity (Wildman–Crippen MR) is 129 cm³/mol. The van der Waals surface area contributed by atoms with Crippen molar-refractivity contribution in [2.75, 3.05) is 20.2 Å². The van der Waals surface area contributed by atoms with Crippen LogP contribution < -0.4 is 10.1 Å². The van der Waals surface area contributed by atoms with Gasteiger partial charge in [0, 0.05) is 55.3 Å². The molecule has 1 fully saturated rings. The number of rotatable bonds is 6. The monoisotopic (exact) mass is 454 g/mol. The van der Waals surface area contributed by atoms with Crippen LogP contribution in [0.3, 0.4) is 0 Å². The number of ether oxygens (including phenoxy) is 1. The molecule has 0 saturated carbocycles. The fourth-order valence-electron chi connectivity index (χ4n) is 4.39. The van der Waals surface area contributed by atoms with Crippen LogP contribution in [0.2, 0.25) is 0 Å². The van der Waals surface area contributed by atoms with Crippen molar-refractivity contribution in [1.82, 2.24) is 19.6 Å². The standard InChI is InChI=1S/C27H26N4O3/c1-34-24-8-6-22(7-9-24)27(33)31-14-11-23(18-31)20-2-4-21(5-3-20)26(32)29-17-19-10-13-30-15-12-28-25(30)16-19/h2-10,12-13,15-16,23H,11,14,17-18H2,1H3,(H,29,32). The maximum absolute atomic E-state index is 12.8. The summed E-state index contributed by atoms with van der Waals surface area (Å²) < 4.78 is 7.10. The minimum Gasteiger partial charge on any atom is -0.497 e. The van der Waals surface area contributed by atoms with Gasteiger partial charge in [0.15, 0.2) is 0 Å². The molecule has 34 heavy (non-hydrogen) atoms. The summed E-state index contributed by atoms with van der Waals surface area (Å²) in [5.74, 6) is 0.923. The quantitative estimate of drug-likeness (QED) is 0.479. The van der Waals surface area contributed by atoms with Gasteiger partial charge in [0.2, 0.25) is 0 Å². The summed E-state index contributed by atoms with van der Waals surface area (Å²) in [6.07, 6.45) is 6.47. The number of nitrogens with one attached hydrogen (secondary N) is 1. The number of fused-ring (bicyclic) bond motifs is 1. The van der Waals surface area contributed by atoms with E-state index in [2.05, 4.69) is 10.3 Å². The number of likely N-dealkylation sites (tertiary alicyclic amines) is 1. The van der Waals surface area contributed by atoms with Gasteiger partial charge < -0.3 is 19.4 Å². The van der Waals surface area contributed by atoms with E-state index in [0.717, 1.165) is 35.5 Å². The molecule has 1 atom stereocenters. The van der Waals surface area contributed by atoms with E-state index in [1.165, 1.54) is 0 Å². The van der Waals surface area contributed by atoms with E-state index < -0.39 is 0 Å². The lowest BCUT2D eigenvalue weighted by Crippen LogP contribution is -2.28. The van der Waals surface area contributed by atoms with Gasteiger partial charge in [0.1, 0.15) is 11.4 Å². The van der Waals surface area contributed by atoms with Crippen LogP contribution in [0.4, 0.5) is 0 Å². The Morgan fingerprint density at radius 2 is 1.79 bits per heavy atom. The number of hydrogen-bond acceptors (Lipinski definition) is 4. The van der Waals surface area contributed by atoms with E-state index in [0.29, 0.717) is 24.2 Å². The second kappa shape index (κ2) is 9.39. The average Bonchev–Trinajstić information content (AvgIpc) is 3.57. The van der Waals surface area contributed by atoms with E-state index in [-0.39, 0.29) is 17.7 Å². The lowest BCUT2D eigenvalue weighted by atomic mass is 9.97. The number of carbonyl (C=O) groups excluding carboxylic acids is 2. The molecule has 0 radical (unpaired) electrons. The summed E-state index contributed by atoms with van der Waals surface area (Å²) in [5, 5.41) is 2.97. The van der Waals surface area contributed by atoms with Crippen LogP contribution in [-0.4, -0.2) is 46.3 Å². The van der Waals surface area contributed by atoms with Gasteiger partial charge in [-0.25, -0.2) is 4.98 Å². The molecule has 7 nitrogen and oxygen atoms in total. The molecule has 4 aromatic rings. The number of aromatic nitrogens is 2. The predicted octanol–water partition coefficient (Wildman–Crippen LogP) is 3.90. The smallest absolute Gasteiger partial charge is 0.253 e. The summed E-state index contributed by atoms with van der Waals surface area (Å²) in [4.78, 5) is 31.6. The van der Waals surface area contributed by atoms with Crippen molar-refractivity contribution in [2.45, 2.75) is 18.9 Å². The van der Waals surface area contributed by atoms with Crippen LogP contribution in [0.1, 0.15) is 44.2 Å². The number of nitrogens with zero attached hydrogens (tertiary/aromatic N) is 3. The summed E-state index contributed by atoms with van der Waals surface area (Å²) in [5.41, 5.74) is 4.28. The highest BCUT2D eigenvalue weighted by Crippen LogP contribution is 2.28. The van der Waals surface area contributed by atoms with Crippen LogP contribution in [0, 0.1) is 0 Å². The fourth-order valence-corrected chi connectivity index (χ4v) is 4.39. The van der Waals surface area contributed by atoms with E-state index in [1.54, 1.807) is 37.6 Å². The third kappa shape index (κ3) is 4.50. The summed E-state index contributed by atoms with van der Waals surface area (Å²) in [6, 6.07) is 18.9. The van der Waals surface area contributed by atoms with E-state index in [1.807, 2.05) is 58.1 Å². The van der Waals surface area contributed by atoms with Gasteiger partial charge in [-0.05, 0) is 66.1 Å². The number of methoxy groups -OCH3 is 1. The van der Waals surface area contributed by atoms with Gasteiger partial charge in [-0.15, -0.1) is 0 Å². The zero-order valence-electron chi connectivity index (χ0n) is 19.0. The van der Waals surface area contributed by atoms with Crippen molar-refractivity contribution < 1.29 is 14.3 Å². The van der Waals surface area contributed by atoms with E-state index in [9.17, 15) is 9.59 Å². The summed E-state index contributed by atoms with van der Waals surface area (Å²) in [7, 11) is 1.61. The van der Waals surface area contributed by atoms with E-state index in [4.69, 9.17) is 4.74 Å². The molecule has 172 valence electrons. The molecule has 5 rings (SSSR count). The third-order valence-corrected chi connectivity index (χ3v) is 6.37. The first kappa shape index (κ1) is 21.7. The Labute approximate surface area is 198 Å². The van der Waals surface area contributed by atoms with Crippen LogP contribution >= 0.6 is 0 Å². The Kier molecular flexibility index (Phi) is 5.99. The zero-order chi connectivity index (χ0) is 23.5. The topological polar surface area (TPSA) is 75.9 Å². The fraction of sp³-hybridized carbons (Fsp3) is 0.222. The Morgan fingerprint density at radius 1 is 1.03 bits per heavy atom. The van der Waals surface area contributed by atoms with Gasteiger partial charge in [-0.2, -0.15) is 0 Å². The highest BCUT2D eigenvalue weighted by Gasteiger charge is 2.28. The third-order valence-electron chi connectivity index (χ3n) is 6.37. The molecular weight excluding hydrogens is 428 g/mol. The molecule has 0 bridgehead atoms. The van der Waals surface area contributed by atoms with Crippen LogP contribution in [-0.2, 0) is 6.54 Å². The number of benzene rings is 2. The summed E-state index contributed by atoms with van der Waals surface area (Å²) >= 11 is 0. The Morgan fingerprint density at radius 3 is 2.56 bits per heavy atom. The molecule has 2 aromatic carbocycles. The Bertz CT molecular complexity index is 1310. The second-order valence-electron chi connectivity index (χ2n) is 8.50. The molecule has 2 aromatic heterocycles. The molecule has 0 spiro atoms. The largest absolute Gasteiger partial charge is 0.497 e. The molecule has 2 amide bonds. The molecule has 3 heterocycles. The lowest BCUT2D eigenvalue weighted by molar-refractivity contribution is 0.0790. The van der Waals surface area contributed by atoms with Crippen molar-refractivity contribution in [3.05, 3.63) is 102 Å². The average molecular weight is 455 g/mol. The second-order valence-corrected chi connectivity index (χ2v) is 8.50. The van der Waals surface area contributed by atoms with Crippen molar-refractivity contribution >= 4 is 17.5 Å². The maximum atomic E-state index is 12.8. The molecule has 7 heteroatoms. The summed E-state index contributed by atoms with van der Waals surface area (Å²) in [6.45, 7) is 1.83. The first-order valence-corrected chi connectivity index (χ1v) is 11.3. The minimum atomic E-state index is -0.113. The molecule has 1 N–H and O–H groups in total. The SMILES string of the molecule is COc1ccc(C(=O)N2CCC(c3ccc(C(=O)NCc4ccn5ccnc5c4)cc3)C2)cc1. The molecular formula is C27H26N4O3. The molecule has 1 aliphatic heterocycles. The van der Waals surface area contributed by atoms with Crippen LogP contribution in [0.25, 0.3) is 5.65 Å². The van der Waals surface area contributed by atoms with Gasteiger partial charge in [0.05, 0.1) is 7.11 Å². The normalized spacial score (nSPS) is 15.4. The van der Waals surface area contributed by atoms with Gasteiger partial charge in [0.25, 0.3) is 11.8 Å². The first-order chi connectivity index (χ1) is 16.6. The number of hydrogen-bond donors (Lipinski definition) is 1.